The number of esters is 1. The second-order valence-electron chi connectivity index (χ2n) is 2.83. The molecular weight excluding hydrogens is 166 g/mol. The first-order valence-corrected chi connectivity index (χ1v) is 3.99. The summed E-state index contributed by atoms with van der Waals surface area (Å²) in [6, 6.07) is 0. The van der Waals surface area contributed by atoms with E-state index in [1.807, 2.05) is 6.92 Å². The van der Waals surface area contributed by atoms with Gasteiger partial charge in [0.25, 0.3) is 5.92 Å². The first-order valence-electron chi connectivity index (χ1n) is 3.99. The number of carbonyl (C=O) groups excluding carboxylic acids is 1. The molecule has 72 valence electrons. The van der Waals surface area contributed by atoms with Gasteiger partial charge in [0.15, 0.2) is 6.61 Å². The zero-order valence-electron chi connectivity index (χ0n) is 7.40. The maximum absolute atomic E-state index is 12.1. The highest BCUT2D eigenvalue weighted by Gasteiger charge is 2.23. The summed E-state index contributed by atoms with van der Waals surface area (Å²) in [6.07, 6.45) is 1.78. The molecule has 0 unspecified atom stereocenters. The molecule has 0 aromatic rings. The highest BCUT2D eigenvalue weighted by Crippen LogP contribution is 2.11. The fourth-order valence-electron chi connectivity index (χ4n) is 0.601. The van der Waals surface area contributed by atoms with Crippen molar-refractivity contribution >= 4 is 5.97 Å². The molecule has 2 nitrogen and oxygen atoms in total. The molecule has 0 aliphatic rings. The van der Waals surface area contributed by atoms with E-state index in [4.69, 9.17) is 0 Å². The van der Waals surface area contributed by atoms with E-state index in [2.05, 4.69) is 4.74 Å². The van der Waals surface area contributed by atoms with Crippen molar-refractivity contribution in [3.63, 3.8) is 0 Å². The van der Waals surface area contributed by atoms with Gasteiger partial charge in [-0.3, -0.25) is 4.79 Å². The second-order valence-corrected chi connectivity index (χ2v) is 2.83. The standard InChI is InChI=1S/C8H14F2O2/c1-3-4-5-7(11)12-6-8(2,9)10/h3-6H2,1-2H3. The Hall–Kier alpha value is -0.670. The largest absolute Gasteiger partial charge is 0.459 e. The molecular formula is C8H14F2O2. The van der Waals surface area contributed by atoms with Gasteiger partial charge in [-0.15, -0.1) is 0 Å². The Morgan fingerprint density at radius 1 is 1.50 bits per heavy atom. The van der Waals surface area contributed by atoms with Crippen molar-refractivity contribution in [1.82, 2.24) is 0 Å². The third-order valence-electron chi connectivity index (χ3n) is 1.22. The van der Waals surface area contributed by atoms with Crippen LogP contribution in [0.4, 0.5) is 8.78 Å². The topological polar surface area (TPSA) is 26.3 Å². The summed E-state index contributed by atoms with van der Waals surface area (Å²) in [7, 11) is 0. The van der Waals surface area contributed by atoms with Gasteiger partial charge in [0.1, 0.15) is 0 Å². The van der Waals surface area contributed by atoms with Gasteiger partial charge in [0.2, 0.25) is 0 Å². The minimum Gasteiger partial charge on any atom is -0.459 e. The van der Waals surface area contributed by atoms with Crippen LogP contribution in [0.3, 0.4) is 0 Å². The summed E-state index contributed by atoms with van der Waals surface area (Å²) in [5.74, 6) is -3.46. The van der Waals surface area contributed by atoms with Crippen LogP contribution in [0.5, 0.6) is 0 Å². The van der Waals surface area contributed by atoms with Crippen molar-refractivity contribution in [3.05, 3.63) is 0 Å². The lowest BCUT2D eigenvalue weighted by atomic mass is 10.2. The minimum atomic E-state index is -2.91. The molecule has 0 aliphatic carbocycles. The predicted molar refractivity (Wildman–Crippen MR) is 41.1 cm³/mol. The SMILES string of the molecule is CCCCC(=O)OCC(C)(F)F. The lowest BCUT2D eigenvalue weighted by Crippen LogP contribution is -2.21. The number of halogens is 2. The first kappa shape index (κ1) is 11.3. The van der Waals surface area contributed by atoms with Crippen LogP contribution in [-0.4, -0.2) is 18.5 Å². The van der Waals surface area contributed by atoms with Gasteiger partial charge in [-0.25, -0.2) is 8.78 Å². The molecule has 12 heavy (non-hydrogen) atoms. The van der Waals surface area contributed by atoms with Crippen LogP contribution in [0.15, 0.2) is 0 Å². The van der Waals surface area contributed by atoms with Crippen molar-refractivity contribution in [1.29, 1.82) is 0 Å². The molecule has 0 heterocycles. The van der Waals surface area contributed by atoms with Crippen LogP contribution in [0.2, 0.25) is 0 Å². The van der Waals surface area contributed by atoms with Crippen molar-refractivity contribution in [3.8, 4) is 0 Å². The van der Waals surface area contributed by atoms with Gasteiger partial charge < -0.3 is 4.74 Å². The number of alkyl halides is 2. The number of hydrogen-bond acceptors (Lipinski definition) is 2. The van der Waals surface area contributed by atoms with Crippen molar-refractivity contribution in [2.45, 2.75) is 39.0 Å². The van der Waals surface area contributed by atoms with Crippen LogP contribution in [0, 0.1) is 0 Å². The molecule has 0 amide bonds. The Labute approximate surface area is 70.9 Å². The Balaban J connectivity index is 3.44. The fraction of sp³-hybridized carbons (Fsp3) is 0.875. The van der Waals surface area contributed by atoms with Gasteiger partial charge in [0, 0.05) is 13.3 Å². The zero-order chi connectivity index (χ0) is 9.61. The predicted octanol–water partition coefficient (Wildman–Crippen LogP) is 2.38. The molecule has 4 heteroatoms. The summed E-state index contributed by atoms with van der Waals surface area (Å²) < 4.78 is 28.6. The molecule has 0 saturated carbocycles. The normalized spacial score (nSPS) is 11.3. The first-order chi connectivity index (χ1) is 5.45. The number of ether oxygens (including phenoxy) is 1. The van der Waals surface area contributed by atoms with Gasteiger partial charge in [0.05, 0.1) is 0 Å². The van der Waals surface area contributed by atoms with E-state index >= 15 is 0 Å². The summed E-state index contributed by atoms with van der Waals surface area (Å²) >= 11 is 0. The average molecular weight is 180 g/mol. The number of unbranched alkanes of at least 4 members (excludes halogenated alkanes) is 1. The Bertz CT molecular complexity index is 140. The maximum Gasteiger partial charge on any atom is 0.305 e. The van der Waals surface area contributed by atoms with E-state index < -0.39 is 18.5 Å². The van der Waals surface area contributed by atoms with E-state index in [0.29, 0.717) is 6.42 Å². The third kappa shape index (κ3) is 7.44. The number of carbonyl (C=O) groups is 1. The monoisotopic (exact) mass is 180 g/mol. The van der Waals surface area contributed by atoms with Gasteiger partial charge >= 0.3 is 5.97 Å². The van der Waals surface area contributed by atoms with E-state index in [9.17, 15) is 13.6 Å². The summed E-state index contributed by atoms with van der Waals surface area (Å²) in [6.45, 7) is 1.83. The van der Waals surface area contributed by atoms with E-state index in [0.717, 1.165) is 13.3 Å². The van der Waals surface area contributed by atoms with Gasteiger partial charge in [-0.05, 0) is 6.42 Å². The van der Waals surface area contributed by atoms with Crippen molar-refractivity contribution < 1.29 is 18.3 Å². The summed E-state index contributed by atoms with van der Waals surface area (Å²) in [4.78, 5) is 10.7. The second kappa shape index (κ2) is 5.06. The lowest BCUT2D eigenvalue weighted by molar-refractivity contribution is -0.153. The van der Waals surface area contributed by atoms with Crippen molar-refractivity contribution in [2.75, 3.05) is 6.61 Å². The molecule has 0 spiro atoms. The molecule has 0 atom stereocenters. The molecule has 0 N–H and O–H groups in total. The van der Waals surface area contributed by atoms with Gasteiger partial charge in [-0.2, -0.15) is 0 Å². The Kier molecular flexibility index (Phi) is 4.78. The third-order valence-corrected chi connectivity index (χ3v) is 1.22. The molecule has 0 aromatic carbocycles. The highest BCUT2D eigenvalue weighted by molar-refractivity contribution is 5.69. The molecule has 0 rings (SSSR count). The van der Waals surface area contributed by atoms with E-state index in [1.165, 1.54) is 0 Å². The van der Waals surface area contributed by atoms with E-state index in [-0.39, 0.29) is 6.42 Å². The number of rotatable bonds is 5. The molecule has 0 fully saturated rings. The van der Waals surface area contributed by atoms with Gasteiger partial charge in [-0.1, -0.05) is 13.3 Å². The van der Waals surface area contributed by atoms with Crippen molar-refractivity contribution in [2.24, 2.45) is 0 Å². The highest BCUT2D eigenvalue weighted by atomic mass is 19.3. The molecule has 0 radical (unpaired) electrons. The maximum atomic E-state index is 12.1. The van der Waals surface area contributed by atoms with E-state index in [1.54, 1.807) is 0 Å². The average Bonchev–Trinajstić information content (AvgIpc) is 1.95. The van der Waals surface area contributed by atoms with Crippen LogP contribution < -0.4 is 0 Å². The smallest absolute Gasteiger partial charge is 0.305 e. The quantitative estimate of drug-likeness (QED) is 0.607. The fourth-order valence-corrected chi connectivity index (χ4v) is 0.601. The lowest BCUT2D eigenvalue weighted by Gasteiger charge is -2.10. The summed E-state index contributed by atoms with van der Waals surface area (Å²) in [5, 5.41) is 0. The molecule has 0 aromatic heterocycles. The summed E-state index contributed by atoms with van der Waals surface area (Å²) in [5.41, 5.74) is 0. The van der Waals surface area contributed by atoms with Crippen LogP contribution in [0.1, 0.15) is 33.1 Å². The zero-order valence-corrected chi connectivity index (χ0v) is 7.40. The molecule has 0 aliphatic heterocycles. The number of hydrogen-bond donors (Lipinski definition) is 0. The Morgan fingerprint density at radius 3 is 2.50 bits per heavy atom. The Morgan fingerprint density at radius 2 is 2.08 bits per heavy atom. The van der Waals surface area contributed by atoms with Crippen LogP contribution in [0.25, 0.3) is 0 Å². The minimum absolute atomic E-state index is 0.229. The molecule has 0 saturated heterocycles. The van der Waals surface area contributed by atoms with Crippen LogP contribution in [-0.2, 0) is 9.53 Å². The molecule has 0 bridgehead atoms. The van der Waals surface area contributed by atoms with Crippen LogP contribution >= 0.6 is 0 Å².